The number of amides is 2. The lowest BCUT2D eigenvalue weighted by Gasteiger charge is -2.41. The van der Waals surface area contributed by atoms with Crippen molar-refractivity contribution in [3.8, 4) is 0 Å². The molecule has 3 aromatic rings. The third-order valence-corrected chi connectivity index (χ3v) is 6.05. The van der Waals surface area contributed by atoms with Crippen LogP contribution in [0.4, 0.5) is 10.1 Å². The number of nitrogens with one attached hydrogen (secondary N) is 2. The molecule has 0 saturated carbocycles. The maximum absolute atomic E-state index is 14.2. The highest BCUT2D eigenvalue weighted by Crippen LogP contribution is 2.56. The molecule has 0 aliphatic carbocycles. The second-order valence-electron chi connectivity index (χ2n) is 7.46. The fourth-order valence-corrected chi connectivity index (χ4v) is 4.69. The second kappa shape index (κ2) is 6.57. The molecule has 2 aliphatic heterocycles. The molecular weight excluding hydrogens is 407 g/mol. The molecule has 0 unspecified atom stereocenters. The molecule has 5 nitrogen and oxygen atoms in total. The Kier molecular flexibility index (Phi) is 4.08. The van der Waals surface area contributed by atoms with Gasteiger partial charge in [0.1, 0.15) is 11.2 Å². The molecule has 0 fully saturated rings. The summed E-state index contributed by atoms with van der Waals surface area (Å²) in [5.74, 6) is -1.16. The molecule has 7 heteroatoms. The smallest absolute Gasteiger partial charge is 0.244 e. The molecule has 5 rings (SSSR count). The summed E-state index contributed by atoms with van der Waals surface area (Å²) in [4.78, 5) is 26.3. The molecular formula is C23H16ClFN2O3. The Labute approximate surface area is 176 Å². The Morgan fingerprint density at radius 1 is 1.13 bits per heavy atom. The highest BCUT2D eigenvalue weighted by molar-refractivity contribution is 6.31. The number of halogens is 2. The van der Waals surface area contributed by atoms with Gasteiger partial charge in [-0.15, -0.1) is 0 Å². The Balaban J connectivity index is 1.86. The van der Waals surface area contributed by atoms with Gasteiger partial charge in [0.15, 0.2) is 0 Å². The van der Waals surface area contributed by atoms with E-state index >= 15 is 0 Å². The van der Waals surface area contributed by atoms with Crippen LogP contribution in [0.5, 0.6) is 0 Å². The minimum Gasteiger partial charge on any atom is -0.472 e. The molecule has 2 aromatic carbocycles. The van der Waals surface area contributed by atoms with E-state index in [0.717, 1.165) is 5.56 Å². The van der Waals surface area contributed by atoms with E-state index in [1.54, 1.807) is 30.3 Å². The van der Waals surface area contributed by atoms with Crippen LogP contribution in [0.3, 0.4) is 0 Å². The highest BCUT2D eigenvalue weighted by atomic mass is 35.5. The van der Waals surface area contributed by atoms with E-state index < -0.39 is 17.3 Å². The zero-order valence-electron chi connectivity index (χ0n) is 15.8. The van der Waals surface area contributed by atoms with E-state index in [1.165, 1.54) is 30.7 Å². The van der Waals surface area contributed by atoms with Crippen LogP contribution < -0.4 is 10.6 Å². The predicted octanol–water partition coefficient (Wildman–Crippen LogP) is 4.53. The largest absolute Gasteiger partial charge is 0.472 e. The fourth-order valence-electron chi connectivity index (χ4n) is 4.52. The lowest BCUT2D eigenvalue weighted by Crippen LogP contribution is -2.52. The van der Waals surface area contributed by atoms with E-state index in [0.29, 0.717) is 33.0 Å². The van der Waals surface area contributed by atoms with Crippen molar-refractivity contribution in [1.82, 2.24) is 5.32 Å². The first-order valence-corrected chi connectivity index (χ1v) is 9.72. The summed E-state index contributed by atoms with van der Waals surface area (Å²) in [5, 5.41) is 6.28. The Bertz CT molecular complexity index is 1240. The standard InChI is InChI=1S/C23H16ClFN2O3/c1-12-2-4-15(25)9-16(12)21-23(17-5-3-14(24)8-19(17)26-22(23)29)18(10-20(28)27-21)13-6-7-30-11-13/h2-11,21H,1H3,(H,26,29)(H,27,28)/t21-,23+/m1/s1. The van der Waals surface area contributed by atoms with Crippen LogP contribution in [0.1, 0.15) is 28.3 Å². The number of benzene rings is 2. The van der Waals surface area contributed by atoms with Crippen molar-refractivity contribution in [1.29, 1.82) is 0 Å². The van der Waals surface area contributed by atoms with Gasteiger partial charge in [-0.25, -0.2) is 4.39 Å². The van der Waals surface area contributed by atoms with E-state index in [2.05, 4.69) is 10.6 Å². The average molecular weight is 423 g/mol. The third-order valence-electron chi connectivity index (χ3n) is 5.82. The first kappa shape index (κ1) is 18.6. The Morgan fingerprint density at radius 3 is 2.73 bits per heavy atom. The summed E-state index contributed by atoms with van der Waals surface area (Å²) in [6.07, 6.45) is 4.37. The SMILES string of the molecule is Cc1ccc(F)cc1[C@H]1NC(=O)C=C(c2ccoc2)[C@]12C(=O)Nc1cc(Cl)ccc12. The van der Waals surface area contributed by atoms with Gasteiger partial charge >= 0.3 is 0 Å². The van der Waals surface area contributed by atoms with E-state index in [4.69, 9.17) is 16.0 Å². The van der Waals surface area contributed by atoms with Crippen molar-refractivity contribution in [2.24, 2.45) is 0 Å². The zero-order chi connectivity index (χ0) is 21.0. The summed E-state index contributed by atoms with van der Waals surface area (Å²) >= 11 is 6.16. The van der Waals surface area contributed by atoms with Gasteiger partial charge in [-0.1, -0.05) is 23.7 Å². The van der Waals surface area contributed by atoms with Crippen LogP contribution in [0.25, 0.3) is 5.57 Å². The van der Waals surface area contributed by atoms with E-state index in [9.17, 15) is 14.0 Å². The van der Waals surface area contributed by atoms with Gasteiger partial charge in [-0.3, -0.25) is 9.59 Å². The first-order valence-electron chi connectivity index (χ1n) is 9.34. The summed E-state index contributed by atoms with van der Waals surface area (Å²) < 4.78 is 19.5. The van der Waals surface area contributed by atoms with Crippen molar-refractivity contribution in [2.45, 2.75) is 18.4 Å². The van der Waals surface area contributed by atoms with Gasteiger partial charge in [-0.05, 0) is 59.5 Å². The third kappa shape index (κ3) is 2.53. The maximum atomic E-state index is 14.2. The topological polar surface area (TPSA) is 71.3 Å². The first-order chi connectivity index (χ1) is 14.4. The Morgan fingerprint density at radius 2 is 1.97 bits per heavy atom. The van der Waals surface area contributed by atoms with Crippen LogP contribution in [0, 0.1) is 12.7 Å². The van der Waals surface area contributed by atoms with Crippen molar-refractivity contribution >= 4 is 34.7 Å². The Hall–Kier alpha value is -3.38. The van der Waals surface area contributed by atoms with Crippen molar-refractivity contribution < 1.29 is 18.4 Å². The number of rotatable bonds is 2. The monoisotopic (exact) mass is 422 g/mol. The van der Waals surface area contributed by atoms with Gasteiger partial charge in [0.25, 0.3) is 0 Å². The summed E-state index contributed by atoms with van der Waals surface area (Å²) in [5.41, 5.74) is 2.24. The molecule has 2 N–H and O–H groups in total. The molecule has 3 heterocycles. The van der Waals surface area contributed by atoms with Gasteiger partial charge in [-0.2, -0.15) is 0 Å². The number of anilines is 1. The molecule has 2 atom stereocenters. The molecule has 1 aromatic heterocycles. The lowest BCUT2D eigenvalue weighted by molar-refractivity contribution is -0.122. The molecule has 2 amide bonds. The van der Waals surface area contributed by atoms with Gasteiger partial charge in [0, 0.05) is 22.3 Å². The molecule has 30 heavy (non-hydrogen) atoms. The normalized spacial score (nSPS) is 22.5. The predicted molar refractivity (Wildman–Crippen MR) is 110 cm³/mol. The highest BCUT2D eigenvalue weighted by Gasteiger charge is 2.58. The van der Waals surface area contributed by atoms with E-state index in [-0.39, 0.29) is 11.8 Å². The minimum absolute atomic E-state index is 0.333. The van der Waals surface area contributed by atoms with Crippen molar-refractivity contribution in [2.75, 3.05) is 5.32 Å². The minimum atomic E-state index is -1.32. The average Bonchev–Trinajstić information content (AvgIpc) is 3.33. The number of furan rings is 1. The van der Waals surface area contributed by atoms with Crippen LogP contribution >= 0.6 is 11.6 Å². The lowest BCUT2D eigenvalue weighted by atomic mass is 9.63. The van der Waals surface area contributed by atoms with Crippen LogP contribution in [-0.4, -0.2) is 11.8 Å². The molecule has 1 spiro atoms. The molecule has 0 radical (unpaired) electrons. The number of aryl methyl sites for hydroxylation is 1. The second-order valence-corrected chi connectivity index (χ2v) is 7.90. The summed E-state index contributed by atoms with van der Waals surface area (Å²) in [6, 6.07) is 10.3. The number of carbonyl (C=O) groups is 2. The van der Waals surface area contributed by atoms with Crippen molar-refractivity contribution in [3.05, 3.63) is 94.2 Å². The van der Waals surface area contributed by atoms with Crippen LogP contribution in [0.2, 0.25) is 5.02 Å². The van der Waals surface area contributed by atoms with Crippen LogP contribution in [0.15, 0.2) is 65.5 Å². The van der Waals surface area contributed by atoms with Gasteiger partial charge < -0.3 is 15.1 Å². The van der Waals surface area contributed by atoms with Gasteiger partial charge in [0.2, 0.25) is 11.8 Å². The van der Waals surface area contributed by atoms with Crippen LogP contribution in [-0.2, 0) is 15.0 Å². The zero-order valence-corrected chi connectivity index (χ0v) is 16.6. The number of fused-ring (bicyclic) bond motifs is 2. The number of hydrogen-bond donors (Lipinski definition) is 2. The molecule has 0 saturated heterocycles. The fraction of sp³-hybridized carbons (Fsp3) is 0.130. The number of hydrogen-bond acceptors (Lipinski definition) is 3. The summed E-state index contributed by atoms with van der Waals surface area (Å²) in [7, 11) is 0. The quantitative estimate of drug-likeness (QED) is 0.637. The van der Waals surface area contributed by atoms with Gasteiger partial charge in [0.05, 0.1) is 18.6 Å². The molecule has 150 valence electrons. The van der Waals surface area contributed by atoms with E-state index in [1.807, 2.05) is 6.92 Å². The summed E-state index contributed by atoms with van der Waals surface area (Å²) in [6.45, 7) is 1.82. The molecule has 2 aliphatic rings. The van der Waals surface area contributed by atoms with Crippen molar-refractivity contribution in [3.63, 3.8) is 0 Å². The maximum Gasteiger partial charge on any atom is 0.244 e. The number of carbonyl (C=O) groups excluding carboxylic acids is 2. The molecule has 0 bridgehead atoms.